The molecule has 0 radical (unpaired) electrons. The highest BCUT2D eigenvalue weighted by Crippen LogP contribution is 2.16. The van der Waals surface area contributed by atoms with Gasteiger partial charge in [-0.3, -0.25) is 4.72 Å². The van der Waals surface area contributed by atoms with Gasteiger partial charge >= 0.3 is 0 Å². The first-order valence-corrected chi connectivity index (χ1v) is 6.98. The molecule has 0 aliphatic carbocycles. The topological polar surface area (TPSA) is 72.2 Å². The highest BCUT2D eigenvalue weighted by molar-refractivity contribution is 7.92. The molecule has 0 atom stereocenters. The van der Waals surface area contributed by atoms with Crippen LogP contribution < -0.4 is 10.5 Å². The summed E-state index contributed by atoms with van der Waals surface area (Å²) < 4.78 is 38.9. The summed E-state index contributed by atoms with van der Waals surface area (Å²) in [6, 6.07) is 4.00. The SMILES string of the molecule is CC(C)CS(=O)(=O)Nc1ccc(F)c(CN)c1. The van der Waals surface area contributed by atoms with E-state index < -0.39 is 15.8 Å². The molecule has 96 valence electrons. The zero-order valence-corrected chi connectivity index (χ0v) is 10.7. The average Bonchev–Trinajstić information content (AvgIpc) is 2.18. The highest BCUT2D eigenvalue weighted by atomic mass is 32.2. The van der Waals surface area contributed by atoms with Crippen LogP contribution >= 0.6 is 0 Å². The monoisotopic (exact) mass is 260 g/mol. The summed E-state index contributed by atoms with van der Waals surface area (Å²) in [7, 11) is -3.38. The molecule has 4 nitrogen and oxygen atoms in total. The third kappa shape index (κ3) is 4.32. The lowest BCUT2D eigenvalue weighted by molar-refractivity contribution is 0.587. The summed E-state index contributed by atoms with van der Waals surface area (Å²) in [5, 5.41) is 0. The van der Waals surface area contributed by atoms with Crippen LogP contribution in [0.2, 0.25) is 0 Å². The van der Waals surface area contributed by atoms with E-state index in [1.807, 2.05) is 13.8 Å². The first kappa shape index (κ1) is 13.9. The molecule has 0 aliphatic rings. The van der Waals surface area contributed by atoms with Gasteiger partial charge in [0.2, 0.25) is 10.0 Å². The lowest BCUT2D eigenvalue weighted by Gasteiger charge is -2.11. The second kappa shape index (κ2) is 5.46. The van der Waals surface area contributed by atoms with Gasteiger partial charge in [0.15, 0.2) is 0 Å². The first-order chi connectivity index (χ1) is 7.84. The van der Waals surface area contributed by atoms with Gasteiger partial charge in [-0.25, -0.2) is 12.8 Å². The smallest absolute Gasteiger partial charge is 0.232 e. The summed E-state index contributed by atoms with van der Waals surface area (Å²) in [5.74, 6) is -0.372. The maximum atomic E-state index is 13.2. The number of halogens is 1. The van der Waals surface area contributed by atoms with E-state index in [0.717, 1.165) is 0 Å². The van der Waals surface area contributed by atoms with E-state index >= 15 is 0 Å². The van der Waals surface area contributed by atoms with Crippen molar-refractivity contribution in [2.24, 2.45) is 11.7 Å². The van der Waals surface area contributed by atoms with Gasteiger partial charge in [0.25, 0.3) is 0 Å². The summed E-state index contributed by atoms with van der Waals surface area (Å²) in [5.41, 5.74) is 5.97. The Labute approximate surface area is 101 Å². The second-order valence-electron chi connectivity index (χ2n) is 4.29. The van der Waals surface area contributed by atoms with Gasteiger partial charge in [-0.05, 0) is 24.1 Å². The molecule has 0 unspecified atom stereocenters. The van der Waals surface area contributed by atoms with E-state index in [1.165, 1.54) is 18.2 Å². The molecular formula is C11H17FN2O2S. The van der Waals surface area contributed by atoms with Crippen molar-refractivity contribution in [3.63, 3.8) is 0 Å². The minimum Gasteiger partial charge on any atom is -0.326 e. The van der Waals surface area contributed by atoms with Crippen molar-refractivity contribution in [3.8, 4) is 0 Å². The molecule has 1 aromatic rings. The number of hydrogen-bond donors (Lipinski definition) is 2. The number of nitrogens with two attached hydrogens (primary N) is 1. The molecule has 0 bridgehead atoms. The van der Waals surface area contributed by atoms with E-state index in [4.69, 9.17) is 5.73 Å². The molecule has 0 spiro atoms. The number of benzene rings is 1. The molecule has 0 saturated carbocycles. The molecule has 0 aliphatic heterocycles. The molecule has 1 aromatic carbocycles. The first-order valence-electron chi connectivity index (χ1n) is 5.33. The second-order valence-corrected chi connectivity index (χ2v) is 6.05. The van der Waals surface area contributed by atoms with E-state index in [2.05, 4.69) is 4.72 Å². The quantitative estimate of drug-likeness (QED) is 0.846. The minimum atomic E-state index is -3.38. The van der Waals surface area contributed by atoms with E-state index in [1.54, 1.807) is 0 Å². The van der Waals surface area contributed by atoms with Crippen LogP contribution in [0.15, 0.2) is 18.2 Å². The molecule has 0 saturated heterocycles. The lowest BCUT2D eigenvalue weighted by atomic mass is 10.2. The molecule has 0 heterocycles. The van der Waals surface area contributed by atoms with Crippen molar-refractivity contribution >= 4 is 15.7 Å². The van der Waals surface area contributed by atoms with Gasteiger partial charge in [0.05, 0.1) is 5.75 Å². The minimum absolute atomic E-state index is 0.0296. The molecule has 0 aromatic heterocycles. The van der Waals surface area contributed by atoms with Gasteiger partial charge in [-0.1, -0.05) is 13.8 Å². The number of sulfonamides is 1. The summed E-state index contributed by atoms with van der Waals surface area (Å²) in [6.45, 7) is 3.66. The Bertz CT molecular complexity index is 486. The van der Waals surface area contributed by atoms with E-state index in [9.17, 15) is 12.8 Å². The van der Waals surface area contributed by atoms with Crippen molar-refractivity contribution < 1.29 is 12.8 Å². The molecule has 0 amide bonds. The number of anilines is 1. The fourth-order valence-corrected chi connectivity index (χ4v) is 2.90. The molecule has 17 heavy (non-hydrogen) atoms. The zero-order valence-electron chi connectivity index (χ0n) is 9.90. The number of nitrogens with one attached hydrogen (secondary N) is 1. The lowest BCUT2D eigenvalue weighted by Crippen LogP contribution is -2.20. The molecular weight excluding hydrogens is 243 g/mol. The van der Waals surface area contributed by atoms with Crippen molar-refractivity contribution in [2.45, 2.75) is 20.4 Å². The Morgan fingerprint density at radius 3 is 2.59 bits per heavy atom. The van der Waals surface area contributed by atoms with Crippen LogP contribution in [0, 0.1) is 11.7 Å². The summed E-state index contributed by atoms with van der Waals surface area (Å²) >= 11 is 0. The highest BCUT2D eigenvalue weighted by Gasteiger charge is 2.13. The maximum absolute atomic E-state index is 13.2. The van der Waals surface area contributed by atoms with Gasteiger partial charge in [0.1, 0.15) is 5.82 Å². The molecule has 1 rings (SSSR count). The third-order valence-corrected chi connectivity index (χ3v) is 3.74. The van der Waals surface area contributed by atoms with Crippen molar-refractivity contribution in [3.05, 3.63) is 29.6 Å². The van der Waals surface area contributed by atoms with Crippen LogP contribution in [0.3, 0.4) is 0 Å². The normalized spacial score (nSPS) is 11.8. The predicted octanol–water partition coefficient (Wildman–Crippen LogP) is 1.68. The fraction of sp³-hybridized carbons (Fsp3) is 0.455. The van der Waals surface area contributed by atoms with Crippen LogP contribution in [-0.2, 0) is 16.6 Å². The third-order valence-electron chi connectivity index (χ3n) is 2.09. The van der Waals surface area contributed by atoms with Crippen LogP contribution in [0.4, 0.5) is 10.1 Å². The maximum Gasteiger partial charge on any atom is 0.232 e. The van der Waals surface area contributed by atoms with E-state index in [-0.39, 0.29) is 23.8 Å². The Balaban J connectivity index is 2.89. The van der Waals surface area contributed by atoms with Gasteiger partial charge in [0, 0.05) is 17.8 Å². The summed E-state index contributed by atoms with van der Waals surface area (Å²) in [6.07, 6.45) is 0. The van der Waals surface area contributed by atoms with Crippen LogP contribution in [0.5, 0.6) is 0 Å². The Morgan fingerprint density at radius 2 is 2.06 bits per heavy atom. The Kier molecular flexibility index (Phi) is 4.47. The Hall–Kier alpha value is -1.14. The summed E-state index contributed by atoms with van der Waals surface area (Å²) in [4.78, 5) is 0. The standard InChI is InChI=1S/C11H17FN2O2S/c1-8(2)7-17(15,16)14-10-3-4-11(12)9(5-10)6-13/h3-5,8,14H,6-7,13H2,1-2H3. The molecule has 6 heteroatoms. The Morgan fingerprint density at radius 1 is 1.41 bits per heavy atom. The van der Waals surface area contributed by atoms with Gasteiger partial charge in [-0.2, -0.15) is 0 Å². The molecule has 3 N–H and O–H groups in total. The number of rotatable bonds is 5. The van der Waals surface area contributed by atoms with Crippen molar-refractivity contribution in [1.82, 2.24) is 0 Å². The van der Waals surface area contributed by atoms with Crippen LogP contribution in [-0.4, -0.2) is 14.2 Å². The van der Waals surface area contributed by atoms with Crippen LogP contribution in [0.1, 0.15) is 19.4 Å². The predicted molar refractivity (Wildman–Crippen MR) is 66.5 cm³/mol. The molecule has 0 fully saturated rings. The van der Waals surface area contributed by atoms with Crippen LogP contribution in [0.25, 0.3) is 0 Å². The van der Waals surface area contributed by atoms with Gasteiger partial charge in [-0.15, -0.1) is 0 Å². The fourth-order valence-electron chi connectivity index (χ4n) is 1.45. The average molecular weight is 260 g/mol. The van der Waals surface area contributed by atoms with Crippen molar-refractivity contribution in [2.75, 3.05) is 10.5 Å². The zero-order chi connectivity index (χ0) is 13.1. The largest absolute Gasteiger partial charge is 0.326 e. The van der Waals surface area contributed by atoms with E-state index in [0.29, 0.717) is 5.69 Å². The van der Waals surface area contributed by atoms with Crippen molar-refractivity contribution in [1.29, 1.82) is 0 Å². The number of hydrogen-bond acceptors (Lipinski definition) is 3. The van der Waals surface area contributed by atoms with Gasteiger partial charge < -0.3 is 5.73 Å².